The number of rotatable bonds is 3. The molecule has 0 aliphatic heterocycles. The Morgan fingerprint density at radius 2 is 2.00 bits per heavy atom. The highest BCUT2D eigenvalue weighted by molar-refractivity contribution is 6.31. The molecule has 4 rings (SSSR count). The van der Waals surface area contributed by atoms with Crippen LogP contribution in [-0.4, -0.2) is 28.7 Å². The van der Waals surface area contributed by atoms with E-state index in [0.29, 0.717) is 23.0 Å². The number of fused-ring (bicyclic) bond motifs is 1. The molecule has 0 aliphatic carbocycles. The summed E-state index contributed by atoms with van der Waals surface area (Å²) in [4.78, 5) is 20.8. The van der Waals surface area contributed by atoms with Crippen LogP contribution in [0.2, 0.25) is 5.02 Å². The standard InChI is InChI=1S/C15H11ClN6O/c16-12-4-2-1-3-11(12)9-22-15(23)21-8-6-18-13(14(21)19-22)20-7-5-17-10-20/h1-8,10H,9H2. The molecule has 0 aliphatic rings. The van der Waals surface area contributed by atoms with Crippen LogP contribution in [0.4, 0.5) is 0 Å². The van der Waals surface area contributed by atoms with Crippen molar-refractivity contribution in [2.75, 3.05) is 0 Å². The van der Waals surface area contributed by atoms with E-state index in [4.69, 9.17) is 11.6 Å². The summed E-state index contributed by atoms with van der Waals surface area (Å²) in [5.41, 5.74) is 1.04. The summed E-state index contributed by atoms with van der Waals surface area (Å²) in [7, 11) is 0. The van der Waals surface area contributed by atoms with Crippen molar-refractivity contribution >= 4 is 17.2 Å². The lowest BCUT2D eigenvalue weighted by Crippen LogP contribution is -2.21. The zero-order chi connectivity index (χ0) is 15.8. The summed E-state index contributed by atoms with van der Waals surface area (Å²) < 4.78 is 4.54. The fourth-order valence-electron chi connectivity index (χ4n) is 2.39. The van der Waals surface area contributed by atoms with Gasteiger partial charge in [0.05, 0.1) is 6.54 Å². The third kappa shape index (κ3) is 2.31. The number of imidazole rings is 1. The van der Waals surface area contributed by atoms with Crippen molar-refractivity contribution < 1.29 is 0 Å². The molecule has 0 atom stereocenters. The molecule has 23 heavy (non-hydrogen) atoms. The van der Waals surface area contributed by atoms with Crippen molar-refractivity contribution in [1.29, 1.82) is 0 Å². The molecular weight excluding hydrogens is 316 g/mol. The van der Waals surface area contributed by atoms with E-state index in [2.05, 4.69) is 15.1 Å². The minimum atomic E-state index is -0.247. The van der Waals surface area contributed by atoms with E-state index in [0.717, 1.165) is 5.56 Å². The molecule has 3 heterocycles. The Kier molecular flexibility index (Phi) is 3.20. The summed E-state index contributed by atoms with van der Waals surface area (Å²) in [6.45, 7) is 0.295. The lowest BCUT2D eigenvalue weighted by molar-refractivity contribution is 0.658. The van der Waals surface area contributed by atoms with Crippen molar-refractivity contribution in [2.24, 2.45) is 0 Å². The van der Waals surface area contributed by atoms with Crippen molar-refractivity contribution in [2.45, 2.75) is 6.54 Å². The summed E-state index contributed by atoms with van der Waals surface area (Å²) in [5.74, 6) is 0.542. The van der Waals surface area contributed by atoms with E-state index >= 15 is 0 Å². The van der Waals surface area contributed by atoms with E-state index in [1.54, 1.807) is 41.7 Å². The lowest BCUT2D eigenvalue weighted by Gasteiger charge is -2.02. The van der Waals surface area contributed by atoms with E-state index in [-0.39, 0.29) is 5.69 Å². The fourth-order valence-corrected chi connectivity index (χ4v) is 2.59. The molecule has 1 aromatic carbocycles. The smallest absolute Gasteiger partial charge is 0.287 e. The second-order valence-corrected chi connectivity index (χ2v) is 5.35. The van der Waals surface area contributed by atoms with Crippen LogP contribution in [0.5, 0.6) is 0 Å². The van der Waals surface area contributed by atoms with Gasteiger partial charge >= 0.3 is 5.69 Å². The van der Waals surface area contributed by atoms with Gasteiger partial charge < -0.3 is 0 Å². The largest absolute Gasteiger partial charge is 0.350 e. The molecule has 0 unspecified atom stereocenters. The number of halogens is 1. The third-order valence-corrected chi connectivity index (χ3v) is 3.88. The Hall–Kier alpha value is -2.93. The summed E-state index contributed by atoms with van der Waals surface area (Å²) in [6, 6.07) is 7.38. The van der Waals surface area contributed by atoms with E-state index in [9.17, 15) is 4.79 Å². The first kappa shape index (κ1) is 13.7. The SMILES string of the molecule is O=c1n(Cc2ccccc2Cl)nc2c(-n3ccnc3)nccn12. The Morgan fingerprint density at radius 1 is 1.13 bits per heavy atom. The van der Waals surface area contributed by atoms with Crippen LogP contribution < -0.4 is 5.69 Å². The first-order valence-corrected chi connectivity index (χ1v) is 7.28. The Morgan fingerprint density at radius 3 is 2.78 bits per heavy atom. The molecule has 8 heteroatoms. The molecule has 0 spiro atoms. The van der Waals surface area contributed by atoms with Crippen LogP contribution in [0, 0.1) is 0 Å². The Labute approximate surface area is 135 Å². The first-order chi connectivity index (χ1) is 11.2. The summed E-state index contributed by atoms with van der Waals surface area (Å²) in [6.07, 6.45) is 8.16. The highest BCUT2D eigenvalue weighted by Crippen LogP contribution is 2.16. The van der Waals surface area contributed by atoms with Crippen LogP contribution in [0.25, 0.3) is 11.5 Å². The van der Waals surface area contributed by atoms with Crippen LogP contribution in [0.3, 0.4) is 0 Å². The normalized spacial score (nSPS) is 11.2. The van der Waals surface area contributed by atoms with Crippen LogP contribution in [0.15, 0.2) is 60.2 Å². The number of nitrogens with zero attached hydrogens (tertiary/aromatic N) is 6. The van der Waals surface area contributed by atoms with E-state index in [1.165, 1.54) is 9.08 Å². The minimum absolute atomic E-state index is 0.247. The zero-order valence-electron chi connectivity index (χ0n) is 11.9. The molecule has 114 valence electrons. The number of aromatic nitrogens is 6. The maximum absolute atomic E-state index is 12.5. The van der Waals surface area contributed by atoms with Crippen LogP contribution in [0.1, 0.15) is 5.56 Å². The monoisotopic (exact) mass is 326 g/mol. The second-order valence-electron chi connectivity index (χ2n) is 4.95. The van der Waals surface area contributed by atoms with Gasteiger partial charge in [0.2, 0.25) is 5.65 Å². The van der Waals surface area contributed by atoms with Gasteiger partial charge in [0.15, 0.2) is 5.82 Å². The quantitative estimate of drug-likeness (QED) is 0.575. The second kappa shape index (κ2) is 5.36. The first-order valence-electron chi connectivity index (χ1n) is 6.90. The molecule has 0 fully saturated rings. The van der Waals surface area contributed by atoms with E-state index in [1.807, 2.05) is 18.2 Å². The molecular formula is C15H11ClN6O. The minimum Gasteiger partial charge on any atom is -0.287 e. The topological polar surface area (TPSA) is 70.0 Å². The van der Waals surface area contributed by atoms with Gasteiger partial charge in [0, 0.05) is 29.8 Å². The molecule has 0 radical (unpaired) electrons. The molecule has 4 aromatic rings. The Bertz CT molecular complexity index is 1030. The summed E-state index contributed by atoms with van der Waals surface area (Å²) in [5, 5.41) is 5.00. The lowest BCUT2D eigenvalue weighted by atomic mass is 10.2. The number of benzene rings is 1. The molecule has 7 nitrogen and oxygen atoms in total. The van der Waals surface area contributed by atoms with Crippen molar-refractivity contribution in [3.63, 3.8) is 0 Å². The average molecular weight is 327 g/mol. The maximum Gasteiger partial charge on any atom is 0.350 e. The van der Waals surface area contributed by atoms with Crippen LogP contribution in [-0.2, 0) is 6.54 Å². The van der Waals surface area contributed by atoms with Gasteiger partial charge in [-0.15, -0.1) is 5.10 Å². The highest BCUT2D eigenvalue weighted by Gasteiger charge is 2.13. The van der Waals surface area contributed by atoms with Crippen molar-refractivity contribution in [1.82, 2.24) is 28.7 Å². The number of hydrogen-bond acceptors (Lipinski definition) is 4. The van der Waals surface area contributed by atoms with Gasteiger partial charge in [0.1, 0.15) is 6.33 Å². The zero-order valence-corrected chi connectivity index (χ0v) is 12.6. The van der Waals surface area contributed by atoms with Gasteiger partial charge in [-0.05, 0) is 11.6 Å². The predicted octanol–water partition coefficient (Wildman–Crippen LogP) is 1.78. The Balaban J connectivity index is 1.87. The van der Waals surface area contributed by atoms with Gasteiger partial charge in [-0.25, -0.2) is 23.8 Å². The fraction of sp³-hybridized carbons (Fsp3) is 0.0667. The van der Waals surface area contributed by atoms with Crippen molar-refractivity contribution in [3.8, 4) is 5.82 Å². The van der Waals surface area contributed by atoms with Crippen molar-refractivity contribution in [3.05, 3.63) is 76.5 Å². The third-order valence-electron chi connectivity index (χ3n) is 3.51. The summed E-state index contributed by atoms with van der Waals surface area (Å²) >= 11 is 6.16. The van der Waals surface area contributed by atoms with Gasteiger partial charge in [-0.2, -0.15) is 0 Å². The molecule has 3 aromatic heterocycles. The van der Waals surface area contributed by atoms with Gasteiger partial charge in [-0.3, -0.25) is 4.57 Å². The van der Waals surface area contributed by atoms with Crippen LogP contribution >= 0.6 is 11.6 Å². The highest BCUT2D eigenvalue weighted by atomic mass is 35.5. The molecule has 0 saturated heterocycles. The molecule has 0 amide bonds. The number of hydrogen-bond donors (Lipinski definition) is 0. The van der Waals surface area contributed by atoms with Gasteiger partial charge in [0.25, 0.3) is 0 Å². The molecule has 0 N–H and O–H groups in total. The molecule has 0 saturated carbocycles. The maximum atomic E-state index is 12.5. The predicted molar refractivity (Wildman–Crippen MR) is 84.9 cm³/mol. The molecule has 0 bridgehead atoms. The van der Waals surface area contributed by atoms with E-state index < -0.39 is 0 Å². The average Bonchev–Trinajstić information content (AvgIpc) is 3.19. The van der Waals surface area contributed by atoms with Gasteiger partial charge in [-0.1, -0.05) is 29.8 Å².